The van der Waals surface area contributed by atoms with Crippen LogP contribution >= 0.6 is 11.3 Å². The Morgan fingerprint density at radius 3 is 3.00 bits per heavy atom. The standard InChI is InChI=1S/C19H22FN3O2S/c1-25-12-18(24)23-9-14-8-22(11-17-21-5-6-26-17)10-16(14)19(23)13-3-2-4-15(20)7-13/h2-7,14,16,19H,8-12H2,1H3/t14-,16-,19+/m1/s1. The number of hydrogen-bond donors (Lipinski definition) is 0. The molecule has 0 unspecified atom stereocenters. The Labute approximate surface area is 156 Å². The lowest BCUT2D eigenvalue weighted by atomic mass is 9.89. The van der Waals surface area contributed by atoms with E-state index in [2.05, 4.69) is 9.88 Å². The molecular formula is C19H22FN3O2S. The number of rotatable bonds is 5. The van der Waals surface area contributed by atoms with Crippen LogP contribution in [-0.4, -0.2) is 54.0 Å². The van der Waals surface area contributed by atoms with Gasteiger partial charge in [0.1, 0.15) is 17.4 Å². The Morgan fingerprint density at radius 1 is 1.38 bits per heavy atom. The van der Waals surface area contributed by atoms with E-state index in [9.17, 15) is 9.18 Å². The Balaban J connectivity index is 1.57. The van der Waals surface area contributed by atoms with Crippen LogP contribution in [-0.2, 0) is 16.1 Å². The lowest BCUT2D eigenvalue weighted by Gasteiger charge is -2.29. The predicted molar refractivity (Wildman–Crippen MR) is 97.1 cm³/mol. The number of carbonyl (C=O) groups is 1. The van der Waals surface area contributed by atoms with Gasteiger partial charge in [-0.2, -0.15) is 0 Å². The summed E-state index contributed by atoms with van der Waals surface area (Å²) in [5, 5.41) is 3.10. The summed E-state index contributed by atoms with van der Waals surface area (Å²) >= 11 is 1.67. The third kappa shape index (κ3) is 3.39. The van der Waals surface area contributed by atoms with E-state index in [1.807, 2.05) is 22.5 Å². The Bertz CT molecular complexity index is 770. The number of fused-ring (bicyclic) bond motifs is 1. The van der Waals surface area contributed by atoms with Crippen molar-refractivity contribution >= 4 is 17.2 Å². The first kappa shape index (κ1) is 17.6. The maximum absolute atomic E-state index is 13.8. The van der Waals surface area contributed by atoms with Crippen molar-refractivity contribution < 1.29 is 13.9 Å². The maximum atomic E-state index is 13.8. The second-order valence-corrected chi connectivity index (χ2v) is 8.00. The number of likely N-dealkylation sites (tertiary alicyclic amines) is 2. The molecule has 1 amide bonds. The number of ether oxygens (including phenoxy) is 1. The average Bonchev–Trinajstić information content (AvgIpc) is 3.31. The smallest absolute Gasteiger partial charge is 0.249 e. The highest BCUT2D eigenvalue weighted by Gasteiger charge is 2.49. The van der Waals surface area contributed by atoms with Gasteiger partial charge in [-0.3, -0.25) is 9.69 Å². The molecule has 0 N–H and O–H groups in total. The molecule has 3 heterocycles. The molecule has 26 heavy (non-hydrogen) atoms. The molecule has 0 bridgehead atoms. The summed E-state index contributed by atoms with van der Waals surface area (Å²) in [6, 6.07) is 6.55. The molecule has 4 rings (SSSR count). The average molecular weight is 375 g/mol. The maximum Gasteiger partial charge on any atom is 0.249 e. The predicted octanol–water partition coefficient (Wildman–Crippen LogP) is 2.56. The number of carbonyl (C=O) groups excluding carboxylic acids is 1. The molecular weight excluding hydrogens is 353 g/mol. The summed E-state index contributed by atoms with van der Waals surface area (Å²) in [4.78, 5) is 21.2. The molecule has 3 atom stereocenters. The molecule has 2 fully saturated rings. The Hall–Kier alpha value is -1.83. The second-order valence-electron chi connectivity index (χ2n) is 7.02. The highest BCUT2D eigenvalue weighted by molar-refractivity contribution is 7.09. The molecule has 0 aliphatic carbocycles. The summed E-state index contributed by atoms with van der Waals surface area (Å²) < 4.78 is 18.9. The lowest BCUT2D eigenvalue weighted by molar-refractivity contribution is -0.136. The zero-order chi connectivity index (χ0) is 18.1. The number of halogens is 1. The van der Waals surface area contributed by atoms with Crippen molar-refractivity contribution in [2.75, 3.05) is 33.4 Å². The minimum atomic E-state index is -0.261. The van der Waals surface area contributed by atoms with Gasteiger partial charge in [-0.05, 0) is 23.6 Å². The van der Waals surface area contributed by atoms with Crippen LogP contribution in [0.4, 0.5) is 4.39 Å². The molecule has 2 aromatic rings. The van der Waals surface area contributed by atoms with Crippen molar-refractivity contribution in [1.82, 2.24) is 14.8 Å². The van der Waals surface area contributed by atoms with Crippen LogP contribution in [0.3, 0.4) is 0 Å². The third-order valence-corrected chi connectivity index (χ3v) is 6.12. The fourth-order valence-corrected chi connectivity index (χ4v) is 5.03. The fourth-order valence-electron chi connectivity index (χ4n) is 4.37. The first-order chi connectivity index (χ1) is 12.7. The Morgan fingerprint density at radius 2 is 2.27 bits per heavy atom. The quantitative estimate of drug-likeness (QED) is 0.806. The zero-order valence-electron chi connectivity index (χ0n) is 14.7. The summed E-state index contributed by atoms with van der Waals surface area (Å²) in [6.45, 7) is 3.43. The van der Waals surface area contributed by atoms with Crippen molar-refractivity contribution in [3.05, 3.63) is 52.2 Å². The van der Waals surface area contributed by atoms with Crippen LogP contribution in [0.25, 0.3) is 0 Å². The molecule has 0 spiro atoms. The number of thiazole rings is 1. The van der Waals surface area contributed by atoms with Gasteiger partial charge in [0.25, 0.3) is 0 Å². The topological polar surface area (TPSA) is 45.7 Å². The molecule has 2 aliphatic rings. The number of hydrogen-bond acceptors (Lipinski definition) is 5. The first-order valence-corrected chi connectivity index (χ1v) is 9.68. The van der Waals surface area contributed by atoms with Gasteiger partial charge < -0.3 is 9.64 Å². The van der Waals surface area contributed by atoms with Crippen molar-refractivity contribution in [2.24, 2.45) is 11.8 Å². The molecule has 138 valence electrons. The third-order valence-electron chi connectivity index (χ3n) is 5.36. The van der Waals surface area contributed by atoms with Gasteiger partial charge in [-0.25, -0.2) is 9.37 Å². The van der Waals surface area contributed by atoms with Gasteiger partial charge in [0, 0.05) is 44.2 Å². The van der Waals surface area contributed by atoms with Crippen molar-refractivity contribution in [1.29, 1.82) is 0 Å². The fraction of sp³-hybridized carbons (Fsp3) is 0.474. The largest absolute Gasteiger partial charge is 0.375 e. The first-order valence-electron chi connectivity index (χ1n) is 8.80. The van der Waals surface area contributed by atoms with Crippen LogP contribution in [0, 0.1) is 17.7 Å². The summed E-state index contributed by atoms with van der Waals surface area (Å²) in [6.07, 6.45) is 1.83. The van der Waals surface area contributed by atoms with E-state index >= 15 is 0 Å². The van der Waals surface area contributed by atoms with E-state index in [0.29, 0.717) is 18.4 Å². The number of amides is 1. The number of nitrogens with zero attached hydrogens (tertiary/aromatic N) is 3. The van der Waals surface area contributed by atoms with Gasteiger partial charge >= 0.3 is 0 Å². The minimum Gasteiger partial charge on any atom is -0.375 e. The van der Waals surface area contributed by atoms with E-state index in [-0.39, 0.29) is 24.4 Å². The Kier molecular flexibility index (Phi) is 5.02. The molecule has 1 aromatic heterocycles. The van der Waals surface area contributed by atoms with Gasteiger partial charge in [0.05, 0.1) is 12.6 Å². The summed E-state index contributed by atoms with van der Waals surface area (Å²) in [5.41, 5.74) is 0.873. The zero-order valence-corrected chi connectivity index (χ0v) is 15.5. The normalized spacial score (nSPS) is 25.6. The molecule has 0 saturated carbocycles. The van der Waals surface area contributed by atoms with Gasteiger partial charge in [0.15, 0.2) is 0 Å². The van der Waals surface area contributed by atoms with Gasteiger partial charge in [-0.1, -0.05) is 12.1 Å². The van der Waals surface area contributed by atoms with Gasteiger partial charge in [-0.15, -0.1) is 11.3 Å². The molecule has 7 heteroatoms. The minimum absolute atomic E-state index is 0.0253. The van der Waals surface area contributed by atoms with Crippen molar-refractivity contribution in [3.63, 3.8) is 0 Å². The van der Waals surface area contributed by atoms with Crippen LogP contribution in [0.15, 0.2) is 35.8 Å². The van der Waals surface area contributed by atoms with Crippen LogP contribution in [0.2, 0.25) is 0 Å². The molecule has 1 aromatic carbocycles. The van der Waals surface area contributed by atoms with E-state index < -0.39 is 0 Å². The monoisotopic (exact) mass is 375 g/mol. The van der Waals surface area contributed by atoms with Crippen LogP contribution in [0.5, 0.6) is 0 Å². The van der Waals surface area contributed by atoms with E-state index in [0.717, 1.165) is 30.2 Å². The van der Waals surface area contributed by atoms with Crippen molar-refractivity contribution in [3.8, 4) is 0 Å². The van der Waals surface area contributed by atoms with E-state index in [1.165, 1.54) is 13.2 Å². The molecule has 5 nitrogen and oxygen atoms in total. The van der Waals surface area contributed by atoms with Crippen molar-refractivity contribution in [2.45, 2.75) is 12.6 Å². The van der Waals surface area contributed by atoms with Crippen LogP contribution in [0.1, 0.15) is 16.6 Å². The van der Waals surface area contributed by atoms with E-state index in [1.54, 1.807) is 23.5 Å². The van der Waals surface area contributed by atoms with E-state index in [4.69, 9.17) is 4.74 Å². The van der Waals surface area contributed by atoms with Gasteiger partial charge in [0.2, 0.25) is 5.91 Å². The SMILES string of the molecule is COCC(=O)N1C[C@H]2CN(Cc3nccs3)C[C@H]2[C@@H]1c1cccc(F)c1. The lowest BCUT2D eigenvalue weighted by Crippen LogP contribution is -2.37. The summed E-state index contributed by atoms with van der Waals surface area (Å²) in [5.74, 6) is 0.409. The summed E-state index contributed by atoms with van der Waals surface area (Å²) in [7, 11) is 1.53. The molecule has 0 radical (unpaired) electrons. The number of aromatic nitrogens is 1. The highest BCUT2D eigenvalue weighted by atomic mass is 32.1. The van der Waals surface area contributed by atoms with Crippen LogP contribution < -0.4 is 0 Å². The number of benzene rings is 1. The highest BCUT2D eigenvalue weighted by Crippen LogP contribution is 2.45. The second kappa shape index (κ2) is 7.42. The molecule has 2 aliphatic heterocycles. The number of methoxy groups -OCH3 is 1. The molecule has 2 saturated heterocycles.